The predicted molar refractivity (Wildman–Crippen MR) is 83.0 cm³/mol. The van der Waals surface area contributed by atoms with Crippen LogP contribution in [-0.4, -0.2) is 4.98 Å². The molecule has 0 radical (unpaired) electrons. The zero-order valence-electron chi connectivity index (χ0n) is 10.2. The Morgan fingerprint density at radius 2 is 1.67 bits per heavy atom. The van der Waals surface area contributed by atoms with Crippen molar-refractivity contribution in [3.8, 4) is 0 Å². The lowest BCUT2D eigenvalue weighted by Gasteiger charge is -2.14. The number of rotatable bonds is 0. The zero-order valence-corrected chi connectivity index (χ0v) is 13.3. The van der Waals surface area contributed by atoms with E-state index in [9.17, 15) is 0 Å². The van der Waals surface area contributed by atoms with Crippen molar-refractivity contribution < 1.29 is 0 Å². The fourth-order valence-electron chi connectivity index (χ4n) is 2.69. The molecule has 0 saturated heterocycles. The SMILES string of the molecule is Brc1cc(Br)c2nc3c(cc2c1)CCCCCC3. The summed E-state index contributed by atoms with van der Waals surface area (Å²) in [6, 6.07) is 6.56. The van der Waals surface area contributed by atoms with Gasteiger partial charge in [0.15, 0.2) is 0 Å². The summed E-state index contributed by atoms with van der Waals surface area (Å²) < 4.78 is 2.19. The lowest BCUT2D eigenvalue weighted by molar-refractivity contribution is 0.610. The van der Waals surface area contributed by atoms with Gasteiger partial charge in [-0.3, -0.25) is 4.98 Å². The lowest BCUT2D eigenvalue weighted by Crippen LogP contribution is -2.03. The van der Waals surface area contributed by atoms with Crippen LogP contribution in [0, 0.1) is 0 Å². The first-order valence-electron chi connectivity index (χ1n) is 6.51. The van der Waals surface area contributed by atoms with Crippen LogP contribution in [0.25, 0.3) is 10.9 Å². The smallest absolute Gasteiger partial charge is 0.0848 e. The third-order valence-electron chi connectivity index (χ3n) is 3.61. The van der Waals surface area contributed by atoms with Gasteiger partial charge in [0, 0.05) is 20.0 Å². The molecule has 1 aromatic heterocycles. The van der Waals surface area contributed by atoms with E-state index < -0.39 is 0 Å². The van der Waals surface area contributed by atoms with Crippen LogP contribution in [0.15, 0.2) is 27.1 Å². The topological polar surface area (TPSA) is 12.9 Å². The van der Waals surface area contributed by atoms with Crippen molar-refractivity contribution in [1.82, 2.24) is 4.98 Å². The quantitative estimate of drug-likeness (QED) is 0.605. The van der Waals surface area contributed by atoms with Crippen molar-refractivity contribution in [2.24, 2.45) is 0 Å². The molecule has 18 heavy (non-hydrogen) atoms. The molecule has 1 aliphatic carbocycles. The first-order valence-corrected chi connectivity index (χ1v) is 8.10. The summed E-state index contributed by atoms with van der Waals surface area (Å²) in [5, 5.41) is 1.23. The molecule has 0 aliphatic heterocycles. The number of benzene rings is 1. The van der Waals surface area contributed by atoms with Gasteiger partial charge in [-0.2, -0.15) is 0 Å². The van der Waals surface area contributed by atoms with Gasteiger partial charge in [-0.15, -0.1) is 0 Å². The molecule has 0 fully saturated rings. The van der Waals surface area contributed by atoms with Crippen molar-refractivity contribution in [2.75, 3.05) is 0 Å². The fraction of sp³-hybridized carbons (Fsp3) is 0.400. The monoisotopic (exact) mass is 367 g/mol. The fourth-order valence-corrected chi connectivity index (χ4v) is 4.03. The normalized spacial score (nSPS) is 16.1. The maximum Gasteiger partial charge on any atom is 0.0848 e. The minimum atomic E-state index is 1.08. The van der Waals surface area contributed by atoms with Crippen LogP contribution in [0.2, 0.25) is 0 Å². The standard InChI is InChI=1S/C15H15Br2N/c16-12-8-11-7-10-5-3-1-2-4-6-14(10)18-15(11)13(17)9-12/h7-9H,1-6H2. The summed E-state index contributed by atoms with van der Waals surface area (Å²) in [6.07, 6.45) is 7.60. The molecule has 1 aliphatic rings. The van der Waals surface area contributed by atoms with Crippen molar-refractivity contribution in [3.63, 3.8) is 0 Å². The average molecular weight is 369 g/mol. The second kappa shape index (κ2) is 5.30. The molecule has 0 amide bonds. The molecule has 2 aromatic rings. The Labute approximate surface area is 124 Å². The van der Waals surface area contributed by atoms with Crippen molar-refractivity contribution in [1.29, 1.82) is 0 Å². The highest BCUT2D eigenvalue weighted by Gasteiger charge is 2.11. The van der Waals surface area contributed by atoms with E-state index in [1.54, 1.807) is 0 Å². The van der Waals surface area contributed by atoms with Crippen LogP contribution in [0.3, 0.4) is 0 Å². The van der Waals surface area contributed by atoms with Crippen LogP contribution in [-0.2, 0) is 12.8 Å². The van der Waals surface area contributed by atoms with Crippen molar-refractivity contribution >= 4 is 42.8 Å². The Morgan fingerprint density at radius 1 is 0.889 bits per heavy atom. The second-order valence-electron chi connectivity index (χ2n) is 4.97. The van der Waals surface area contributed by atoms with Gasteiger partial charge in [0.25, 0.3) is 0 Å². The molecule has 1 aromatic carbocycles. The van der Waals surface area contributed by atoms with Crippen LogP contribution < -0.4 is 0 Å². The lowest BCUT2D eigenvalue weighted by atomic mass is 9.96. The third-order valence-corrected chi connectivity index (χ3v) is 4.68. The molecule has 0 unspecified atom stereocenters. The average Bonchev–Trinajstić information content (AvgIpc) is 2.29. The van der Waals surface area contributed by atoms with Crippen LogP contribution >= 0.6 is 31.9 Å². The zero-order chi connectivity index (χ0) is 12.5. The molecule has 0 atom stereocenters. The summed E-state index contributed by atoms with van der Waals surface area (Å²) in [4.78, 5) is 4.89. The van der Waals surface area contributed by atoms with Gasteiger partial charge in [0.05, 0.1) is 5.52 Å². The minimum absolute atomic E-state index is 1.08. The molecule has 0 spiro atoms. The molecule has 0 saturated carbocycles. The molecule has 1 nitrogen and oxygen atoms in total. The van der Waals surface area contributed by atoms with Gasteiger partial charge in [-0.05, 0) is 65.4 Å². The first kappa shape index (κ1) is 12.6. The summed E-state index contributed by atoms with van der Waals surface area (Å²) in [6.45, 7) is 0. The van der Waals surface area contributed by atoms with E-state index in [2.05, 4.69) is 50.1 Å². The highest BCUT2D eigenvalue weighted by molar-refractivity contribution is 9.11. The van der Waals surface area contributed by atoms with Crippen LogP contribution in [0.5, 0.6) is 0 Å². The highest BCUT2D eigenvalue weighted by Crippen LogP contribution is 2.30. The van der Waals surface area contributed by atoms with Gasteiger partial charge in [-0.1, -0.05) is 28.8 Å². The number of aromatic nitrogens is 1. The third kappa shape index (κ3) is 2.48. The molecule has 3 heteroatoms. The Bertz CT molecular complexity index is 593. The Morgan fingerprint density at radius 3 is 2.50 bits per heavy atom. The Hall–Kier alpha value is -0.410. The summed E-state index contributed by atoms with van der Waals surface area (Å²) in [5.74, 6) is 0. The van der Waals surface area contributed by atoms with Crippen molar-refractivity contribution in [2.45, 2.75) is 38.5 Å². The van der Waals surface area contributed by atoms with Crippen LogP contribution in [0.1, 0.15) is 36.9 Å². The Kier molecular flexibility index (Phi) is 3.71. The largest absolute Gasteiger partial charge is 0.251 e. The molecular weight excluding hydrogens is 354 g/mol. The molecule has 0 bridgehead atoms. The first-order chi connectivity index (χ1) is 8.74. The van der Waals surface area contributed by atoms with Gasteiger partial charge < -0.3 is 0 Å². The number of pyridine rings is 1. The van der Waals surface area contributed by atoms with E-state index in [-0.39, 0.29) is 0 Å². The van der Waals surface area contributed by atoms with E-state index in [1.165, 1.54) is 48.7 Å². The number of nitrogens with zero attached hydrogens (tertiary/aromatic N) is 1. The predicted octanol–water partition coefficient (Wildman–Crippen LogP) is 5.42. The van der Waals surface area contributed by atoms with Gasteiger partial charge in [0.1, 0.15) is 0 Å². The minimum Gasteiger partial charge on any atom is -0.251 e. The van der Waals surface area contributed by atoms with E-state index in [0.29, 0.717) is 0 Å². The van der Waals surface area contributed by atoms with E-state index >= 15 is 0 Å². The molecule has 1 heterocycles. The van der Waals surface area contributed by atoms with Gasteiger partial charge >= 0.3 is 0 Å². The number of fused-ring (bicyclic) bond motifs is 2. The number of hydrogen-bond donors (Lipinski definition) is 0. The number of halogens is 2. The summed E-state index contributed by atoms with van der Waals surface area (Å²) in [5.41, 5.74) is 3.86. The Balaban J connectivity index is 2.18. The van der Waals surface area contributed by atoms with Crippen LogP contribution in [0.4, 0.5) is 0 Å². The summed E-state index contributed by atoms with van der Waals surface area (Å²) >= 11 is 7.17. The molecule has 0 N–H and O–H groups in total. The van der Waals surface area contributed by atoms with E-state index in [4.69, 9.17) is 4.98 Å². The molecule has 3 rings (SSSR count). The molecule has 94 valence electrons. The van der Waals surface area contributed by atoms with E-state index in [1.807, 2.05) is 0 Å². The van der Waals surface area contributed by atoms with Gasteiger partial charge in [0.2, 0.25) is 0 Å². The number of aryl methyl sites for hydroxylation is 2. The maximum absolute atomic E-state index is 4.89. The second-order valence-corrected chi connectivity index (χ2v) is 6.74. The summed E-state index contributed by atoms with van der Waals surface area (Å²) in [7, 11) is 0. The highest BCUT2D eigenvalue weighted by atomic mass is 79.9. The number of hydrogen-bond acceptors (Lipinski definition) is 1. The van der Waals surface area contributed by atoms with Gasteiger partial charge in [-0.25, -0.2) is 0 Å². The van der Waals surface area contributed by atoms with E-state index in [0.717, 1.165) is 20.9 Å². The van der Waals surface area contributed by atoms with Crippen molar-refractivity contribution in [3.05, 3.63) is 38.4 Å². The maximum atomic E-state index is 4.89. The molecular formula is C15H15Br2N.